The molecule has 1 aromatic rings. The number of hydrogen-bond acceptors (Lipinski definition) is 3. The average Bonchev–Trinajstić information content (AvgIpc) is 2.87. The molecule has 1 aliphatic rings. The summed E-state index contributed by atoms with van der Waals surface area (Å²) in [5.74, 6) is 1.37. The zero-order chi connectivity index (χ0) is 14.5. The average molecular weight is 276 g/mol. The number of aryl methyl sites for hydroxylation is 1. The van der Waals surface area contributed by atoms with E-state index in [2.05, 4.69) is 18.8 Å². The highest BCUT2D eigenvalue weighted by Gasteiger charge is 2.28. The number of ether oxygens (including phenoxy) is 1. The monoisotopic (exact) mass is 276 g/mol. The van der Waals surface area contributed by atoms with Gasteiger partial charge < -0.3 is 9.64 Å². The molecule has 1 fully saturated rings. The summed E-state index contributed by atoms with van der Waals surface area (Å²) in [7, 11) is 0. The highest BCUT2D eigenvalue weighted by Crippen LogP contribution is 2.19. The van der Waals surface area contributed by atoms with E-state index in [0.29, 0.717) is 24.8 Å². The van der Waals surface area contributed by atoms with Crippen LogP contribution in [0, 0.1) is 12.8 Å². The van der Waals surface area contributed by atoms with E-state index in [4.69, 9.17) is 4.74 Å². The molecule has 1 aliphatic heterocycles. The normalized spacial score (nSPS) is 19.9. The molecule has 110 valence electrons. The van der Waals surface area contributed by atoms with Gasteiger partial charge >= 0.3 is 0 Å². The highest BCUT2D eigenvalue weighted by molar-refractivity contribution is 5.76. The molecule has 2 rings (SSSR count). The van der Waals surface area contributed by atoms with Crippen molar-refractivity contribution < 1.29 is 9.53 Å². The van der Waals surface area contributed by atoms with Crippen molar-refractivity contribution in [3.8, 4) is 5.88 Å². The molecular formula is C16H24N2O2. The van der Waals surface area contributed by atoms with Crippen LogP contribution in [0.4, 0.5) is 0 Å². The Labute approximate surface area is 121 Å². The third kappa shape index (κ3) is 3.95. The summed E-state index contributed by atoms with van der Waals surface area (Å²) in [6.45, 7) is 7.68. The van der Waals surface area contributed by atoms with Crippen LogP contribution in [0.25, 0.3) is 0 Å². The summed E-state index contributed by atoms with van der Waals surface area (Å²) in [5.41, 5.74) is 0.949. The highest BCUT2D eigenvalue weighted by atomic mass is 16.5. The minimum Gasteiger partial charge on any atom is -0.472 e. The van der Waals surface area contributed by atoms with Crippen molar-refractivity contribution >= 4 is 5.91 Å². The Morgan fingerprint density at radius 3 is 3.05 bits per heavy atom. The van der Waals surface area contributed by atoms with Gasteiger partial charge in [-0.05, 0) is 18.9 Å². The first-order valence-electron chi connectivity index (χ1n) is 7.46. The Balaban J connectivity index is 1.84. The van der Waals surface area contributed by atoms with Crippen molar-refractivity contribution in [2.75, 3.05) is 13.1 Å². The maximum absolute atomic E-state index is 12.1. The lowest BCUT2D eigenvalue weighted by atomic mass is 10.0. The first kappa shape index (κ1) is 14.8. The fraction of sp³-hybridized carbons (Fsp3) is 0.625. The van der Waals surface area contributed by atoms with Gasteiger partial charge in [0.05, 0.1) is 6.54 Å². The lowest BCUT2D eigenvalue weighted by Gasteiger charge is -2.18. The number of carbonyl (C=O) groups excluding carboxylic acids is 1. The zero-order valence-corrected chi connectivity index (χ0v) is 12.6. The van der Waals surface area contributed by atoms with Crippen LogP contribution in [-0.2, 0) is 4.79 Å². The summed E-state index contributed by atoms with van der Waals surface area (Å²) in [4.78, 5) is 18.4. The van der Waals surface area contributed by atoms with Gasteiger partial charge in [-0.1, -0.05) is 26.3 Å². The van der Waals surface area contributed by atoms with Gasteiger partial charge in [-0.15, -0.1) is 0 Å². The largest absolute Gasteiger partial charge is 0.472 e. The van der Waals surface area contributed by atoms with E-state index in [9.17, 15) is 4.79 Å². The van der Waals surface area contributed by atoms with Crippen molar-refractivity contribution in [2.45, 2.75) is 46.1 Å². The number of nitrogens with zero attached hydrogens (tertiary/aromatic N) is 2. The summed E-state index contributed by atoms with van der Waals surface area (Å²) in [5, 5.41) is 0. The number of pyridine rings is 1. The van der Waals surface area contributed by atoms with Crippen LogP contribution in [0.15, 0.2) is 18.2 Å². The van der Waals surface area contributed by atoms with Crippen LogP contribution in [0.5, 0.6) is 5.88 Å². The van der Waals surface area contributed by atoms with E-state index >= 15 is 0 Å². The van der Waals surface area contributed by atoms with Gasteiger partial charge in [0.2, 0.25) is 11.8 Å². The van der Waals surface area contributed by atoms with Crippen molar-refractivity contribution in [3.05, 3.63) is 23.9 Å². The molecule has 20 heavy (non-hydrogen) atoms. The predicted octanol–water partition coefficient (Wildman–Crippen LogP) is 2.81. The quantitative estimate of drug-likeness (QED) is 0.830. The molecule has 2 atom stereocenters. The summed E-state index contributed by atoms with van der Waals surface area (Å²) < 4.78 is 5.86. The minimum absolute atomic E-state index is 0.0742. The van der Waals surface area contributed by atoms with Crippen molar-refractivity contribution in [2.24, 2.45) is 5.92 Å². The topological polar surface area (TPSA) is 42.4 Å². The number of aromatic nitrogens is 1. The molecular weight excluding hydrogens is 252 g/mol. The lowest BCUT2D eigenvalue weighted by Crippen LogP contribution is -2.31. The second-order valence-corrected chi connectivity index (χ2v) is 5.70. The first-order chi connectivity index (χ1) is 9.58. The molecule has 4 heteroatoms. The van der Waals surface area contributed by atoms with Crippen molar-refractivity contribution in [3.63, 3.8) is 0 Å². The van der Waals surface area contributed by atoms with Gasteiger partial charge in [-0.2, -0.15) is 0 Å². The molecule has 0 saturated carbocycles. The van der Waals surface area contributed by atoms with Gasteiger partial charge in [-0.3, -0.25) is 4.79 Å². The van der Waals surface area contributed by atoms with Crippen LogP contribution in [0.3, 0.4) is 0 Å². The van der Waals surface area contributed by atoms with E-state index in [1.165, 1.54) is 0 Å². The first-order valence-corrected chi connectivity index (χ1v) is 7.46. The third-order valence-electron chi connectivity index (χ3n) is 3.87. The Morgan fingerprint density at radius 1 is 1.55 bits per heavy atom. The molecule has 1 amide bonds. The molecule has 2 heterocycles. The number of likely N-dealkylation sites (tertiary alicyclic amines) is 1. The van der Waals surface area contributed by atoms with E-state index in [0.717, 1.165) is 25.1 Å². The molecule has 0 aliphatic carbocycles. The third-order valence-corrected chi connectivity index (χ3v) is 3.87. The number of amides is 1. The SMILES string of the molecule is CCC(C)CC(=O)N1CCC(Oc2cccc(C)n2)C1. The van der Waals surface area contributed by atoms with Crippen LogP contribution in [-0.4, -0.2) is 35.0 Å². The van der Waals surface area contributed by atoms with Gasteiger partial charge in [0.1, 0.15) is 6.10 Å². The van der Waals surface area contributed by atoms with Gasteiger partial charge in [0.25, 0.3) is 0 Å². The van der Waals surface area contributed by atoms with E-state index < -0.39 is 0 Å². The van der Waals surface area contributed by atoms with E-state index in [1.54, 1.807) is 0 Å². The van der Waals surface area contributed by atoms with Crippen LogP contribution in [0.1, 0.15) is 38.8 Å². The molecule has 0 aromatic carbocycles. The fourth-order valence-electron chi connectivity index (χ4n) is 2.38. The molecule has 0 bridgehead atoms. The molecule has 4 nitrogen and oxygen atoms in total. The number of rotatable bonds is 5. The minimum atomic E-state index is 0.0742. The molecule has 0 spiro atoms. The summed E-state index contributed by atoms with van der Waals surface area (Å²) in [6, 6.07) is 5.76. The molecule has 1 saturated heterocycles. The van der Waals surface area contributed by atoms with Crippen molar-refractivity contribution in [1.29, 1.82) is 0 Å². The number of hydrogen-bond donors (Lipinski definition) is 0. The molecule has 2 unspecified atom stereocenters. The summed E-state index contributed by atoms with van der Waals surface area (Å²) in [6.07, 6.45) is 2.66. The molecule has 1 aromatic heterocycles. The Hall–Kier alpha value is -1.58. The van der Waals surface area contributed by atoms with Crippen LogP contribution < -0.4 is 4.74 Å². The Kier molecular flexibility index (Phi) is 4.99. The van der Waals surface area contributed by atoms with Gasteiger partial charge in [0.15, 0.2) is 0 Å². The molecule has 0 N–H and O–H groups in total. The lowest BCUT2D eigenvalue weighted by molar-refractivity contribution is -0.131. The Bertz CT molecular complexity index is 462. The molecule has 0 radical (unpaired) electrons. The van der Waals surface area contributed by atoms with Crippen molar-refractivity contribution in [1.82, 2.24) is 9.88 Å². The zero-order valence-electron chi connectivity index (χ0n) is 12.6. The summed E-state index contributed by atoms with van der Waals surface area (Å²) >= 11 is 0. The predicted molar refractivity (Wildman–Crippen MR) is 78.7 cm³/mol. The second-order valence-electron chi connectivity index (χ2n) is 5.70. The number of carbonyl (C=O) groups is 1. The van der Waals surface area contributed by atoms with Crippen LogP contribution in [0.2, 0.25) is 0 Å². The van der Waals surface area contributed by atoms with Crippen LogP contribution >= 0.6 is 0 Å². The maximum atomic E-state index is 12.1. The van der Waals surface area contributed by atoms with Gasteiger partial charge in [-0.25, -0.2) is 4.98 Å². The van der Waals surface area contributed by atoms with Gasteiger partial charge in [0, 0.05) is 31.1 Å². The smallest absolute Gasteiger partial charge is 0.222 e. The Morgan fingerprint density at radius 2 is 2.35 bits per heavy atom. The fourth-order valence-corrected chi connectivity index (χ4v) is 2.38. The standard InChI is InChI=1S/C16H24N2O2/c1-4-12(2)10-16(19)18-9-8-14(11-18)20-15-7-5-6-13(3)17-15/h5-7,12,14H,4,8-11H2,1-3H3. The van der Waals surface area contributed by atoms with E-state index in [1.807, 2.05) is 30.0 Å². The van der Waals surface area contributed by atoms with E-state index in [-0.39, 0.29) is 12.0 Å². The second kappa shape index (κ2) is 6.73. The maximum Gasteiger partial charge on any atom is 0.222 e.